The number of ether oxygens (including phenoxy) is 3. The summed E-state index contributed by atoms with van der Waals surface area (Å²) in [6.45, 7) is 10.9. The molecule has 1 heterocycles. The Bertz CT molecular complexity index is 623. The maximum Gasteiger partial charge on any atom is 0.193 e. The van der Waals surface area contributed by atoms with E-state index in [9.17, 15) is 0 Å². The Balaban J connectivity index is 2.05. The van der Waals surface area contributed by atoms with Gasteiger partial charge in [-0.15, -0.1) is 0 Å². The molecule has 2 rings (SSSR count). The number of nitrogens with zero attached hydrogens (tertiary/aromatic N) is 2. The van der Waals surface area contributed by atoms with Crippen molar-refractivity contribution in [2.75, 3.05) is 39.2 Å². The Morgan fingerprint density at radius 3 is 2.50 bits per heavy atom. The maximum atomic E-state index is 6.11. The second-order valence-corrected chi connectivity index (χ2v) is 7.37. The minimum atomic E-state index is -0.114. The monoisotopic (exact) mass is 364 g/mol. The van der Waals surface area contributed by atoms with Gasteiger partial charge >= 0.3 is 0 Å². The maximum absolute atomic E-state index is 6.11. The molecule has 3 N–H and O–H groups in total. The van der Waals surface area contributed by atoms with Gasteiger partial charge in [-0.3, -0.25) is 9.89 Å². The number of benzene rings is 1. The van der Waals surface area contributed by atoms with E-state index in [-0.39, 0.29) is 17.7 Å². The Hall–Kier alpha value is -1.99. The minimum absolute atomic E-state index is 0.114. The van der Waals surface area contributed by atoms with Crippen LogP contribution in [0, 0.1) is 0 Å². The predicted molar refractivity (Wildman–Crippen MR) is 105 cm³/mol. The van der Waals surface area contributed by atoms with Crippen LogP contribution in [0.15, 0.2) is 23.2 Å². The highest BCUT2D eigenvalue weighted by Gasteiger charge is 2.33. The number of guanidine groups is 1. The van der Waals surface area contributed by atoms with Crippen LogP contribution < -0.4 is 20.5 Å². The lowest BCUT2D eigenvalue weighted by molar-refractivity contribution is -0.0939. The molecule has 1 aliphatic rings. The van der Waals surface area contributed by atoms with E-state index in [2.05, 4.69) is 42.9 Å². The smallest absolute Gasteiger partial charge is 0.193 e. The standard InChI is InChI=1S/C19H32N4O3/c1-13-10-23(11-14(2)26-13)19(3,4)12-21-18(20)22-16-9-15(24-5)7-8-17(16)25-6/h7-9,13-14H,10-12H2,1-6H3,(H3,20,21,22). The van der Waals surface area contributed by atoms with Gasteiger partial charge in [-0.05, 0) is 39.8 Å². The molecule has 0 spiro atoms. The molecule has 0 saturated carbocycles. The van der Waals surface area contributed by atoms with Crippen LogP contribution >= 0.6 is 0 Å². The molecule has 1 aliphatic heterocycles. The van der Waals surface area contributed by atoms with Gasteiger partial charge in [0.15, 0.2) is 5.96 Å². The SMILES string of the molecule is COc1ccc(OC)c(NC(N)=NCC(C)(C)N2CC(C)OC(C)C2)c1. The molecule has 0 aromatic heterocycles. The van der Waals surface area contributed by atoms with Gasteiger partial charge in [0.25, 0.3) is 0 Å². The summed E-state index contributed by atoms with van der Waals surface area (Å²) in [5, 5.41) is 3.11. The third-order valence-electron chi connectivity index (χ3n) is 4.58. The third kappa shape index (κ3) is 5.25. The van der Waals surface area contributed by atoms with Crippen LogP contribution in [0.1, 0.15) is 27.7 Å². The molecule has 146 valence electrons. The first-order valence-corrected chi connectivity index (χ1v) is 8.94. The van der Waals surface area contributed by atoms with Crippen LogP contribution in [0.3, 0.4) is 0 Å². The van der Waals surface area contributed by atoms with Gasteiger partial charge < -0.3 is 25.3 Å². The quantitative estimate of drug-likeness (QED) is 0.596. The molecule has 0 aliphatic carbocycles. The number of nitrogens with one attached hydrogen (secondary N) is 1. The molecule has 26 heavy (non-hydrogen) atoms. The van der Waals surface area contributed by atoms with Gasteiger partial charge in [0.05, 0.1) is 38.7 Å². The van der Waals surface area contributed by atoms with Crippen molar-refractivity contribution in [2.45, 2.75) is 45.4 Å². The highest BCUT2D eigenvalue weighted by molar-refractivity contribution is 5.94. The van der Waals surface area contributed by atoms with E-state index in [0.717, 1.165) is 24.5 Å². The molecule has 7 nitrogen and oxygen atoms in total. The van der Waals surface area contributed by atoms with E-state index in [1.165, 1.54) is 0 Å². The largest absolute Gasteiger partial charge is 0.497 e. The summed E-state index contributed by atoms with van der Waals surface area (Å²) in [6.07, 6.45) is 0.442. The fourth-order valence-electron chi connectivity index (χ4n) is 3.14. The van der Waals surface area contributed by atoms with E-state index >= 15 is 0 Å². The fraction of sp³-hybridized carbons (Fsp3) is 0.632. The number of hydrogen-bond acceptors (Lipinski definition) is 5. The minimum Gasteiger partial charge on any atom is -0.497 e. The zero-order chi connectivity index (χ0) is 19.3. The highest BCUT2D eigenvalue weighted by Crippen LogP contribution is 2.28. The van der Waals surface area contributed by atoms with E-state index in [1.807, 2.05) is 18.2 Å². The molecular formula is C19H32N4O3. The molecule has 1 aromatic carbocycles. The summed E-state index contributed by atoms with van der Waals surface area (Å²) in [6, 6.07) is 5.49. The average Bonchev–Trinajstić information content (AvgIpc) is 2.59. The van der Waals surface area contributed by atoms with Gasteiger partial charge in [-0.2, -0.15) is 0 Å². The molecule has 0 bridgehead atoms. The molecule has 1 aromatic rings. The zero-order valence-electron chi connectivity index (χ0n) is 16.7. The number of nitrogens with two attached hydrogens (primary N) is 1. The van der Waals surface area contributed by atoms with Crippen molar-refractivity contribution < 1.29 is 14.2 Å². The highest BCUT2D eigenvalue weighted by atomic mass is 16.5. The lowest BCUT2D eigenvalue weighted by Crippen LogP contribution is -2.56. The third-order valence-corrected chi connectivity index (χ3v) is 4.58. The van der Waals surface area contributed by atoms with Gasteiger partial charge in [-0.1, -0.05) is 0 Å². The molecular weight excluding hydrogens is 332 g/mol. The van der Waals surface area contributed by atoms with Crippen molar-refractivity contribution in [3.05, 3.63) is 18.2 Å². The summed E-state index contributed by atoms with van der Waals surface area (Å²) in [7, 11) is 3.24. The Morgan fingerprint density at radius 1 is 1.27 bits per heavy atom. The van der Waals surface area contributed by atoms with Gasteiger partial charge in [-0.25, -0.2) is 0 Å². The van der Waals surface area contributed by atoms with Crippen molar-refractivity contribution in [1.29, 1.82) is 0 Å². The number of anilines is 1. The van der Waals surface area contributed by atoms with Crippen LogP contribution in [-0.4, -0.2) is 62.5 Å². The number of methoxy groups -OCH3 is 2. The lowest BCUT2D eigenvalue weighted by atomic mass is 10.0. The first-order chi connectivity index (χ1) is 12.2. The van der Waals surface area contributed by atoms with Crippen molar-refractivity contribution >= 4 is 11.6 Å². The molecule has 0 radical (unpaired) electrons. The normalized spacial score (nSPS) is 22.2. The second-order valence-electron chi connectivity index (χ2n) is 7.37. The van der Waals surface area contributed by atoms with Gasteiger partial charge in [0.1, 0.15) is 11.5 Å². The van der Waals surface area contributed by atoms with E-state index in [1.54, 1.807) is 14.2 Å². The average molecular weight is 364 g/mol. The van der Waals surface area contributed by atoms with Crippen molar-refractivity contribution in [3.63, 3.8) is 0 Å². The summed E-state index contributed by atoms with van der Waals surface area (Å²) < 4.78 is 16.4. The number of hydrogen-bond donors (Lipinski definition) is 2. The Labute approximate surface area is 156 Å². The molecule has 1 saturated heterocycles. The van der Waals surface area contributed by atoms with Gasteiger partial charge in [0, 0.05) is 24.7 Å². The number of rotatable bonds is 6. The fourth-order valence-corrected chi connectivity index (χ4v) is 3.14. The van der Waals surface area contributed by atoms with Crippen LogP contribution in [0.4, 0.5) is 5.69 Å². The van der Waals surface area contributed by atoms with Crippen LogP contribution in [0.25, 0.3) is 0 Å². The van der Waals surface area contributed by atoms with E-state index in [4.69, 9.17) is 19.9 Å². The van der Waals surface area contributed by atoms with Crippen molar-refractivity contribution in [2.24, 2.45) is 10.7 Å². The molecule has 0 amide bonds. The Kier molecular flexibility index (Phi) is 6.72. The van der Waals surface area contributed by atoms with Crippen LogP contribution in [0.5, 0.6) is 11.5 Å². The first-order valence-electron chi connectivity index (χ1n) is 8.94. The number of aliphatic imine (C=N–C) groups is 1. The van der Waals surface area contributed by atoms with Gasteiger partial charge in [0.2, 0.25) is 0 Å². The van der Waals surface area contributed by atoms with E-state index in [0.29, 0.717) is 18.3 Å². The molecule has 7 heteroatoms. The van der Waals surface area contributed by atoms with Crippen LogP contribution in [-0.2, 0) is 4.74 Å². The molecule has 2 atom stereocenters. The van der Waals surface area contributed by atoms with Crippen molar-refractivity contribution in [1.82, 2.24) is 4.90 Å². The summed E-state index contributed by atoms with van der Waals surface area (Å²) >= 11 is 0. The van der Waals surface area contributed by atoms with Crippen LogP contribution in [0.2, 0.25) is 0 Å². The second kappa shape index (κ2) is 8.60. The predicted octanol–water partition coefficient (Wildman–Crippen LogP) is 2.32. The molecule has 2 unspecified atom stereocenters. The van der Waals surface area contributed by atoms with E-state index < -0.39 is 0 Å². The summed E-state index contributed by atoms with van der Waals surface area (Å²) in [4.78, 5) is 6.96. The molecule has 1 fully saturated rings. The zero-order valence-corrected chi connectivity index (χ0v) is 16.7. The lowest BCUT2D eigenvalue weighted by Gasteiger charge is -2.44. The summed E-state index contributed by atoms with van der Waals surface area (Å²) in [5.74, 6) is 1.75. The van der Waals surface area contributed by atoms with Crippen molar-refractivity contribution in [3.8, 4) is 11.5 Å². The topological polar surface area (TPSA) is 81.3 Å². The summed E-state index contributed by atoms with van der Waals surface area (Å²) in [5.41, 5.74) is 6.72. The first kappa shape index (κ1) is 20.3. The number of morpholine rings is 1. The Morgan fingerprint density at radius 2 is 1.92 bits per heavy atom.